The Hall–Kier alpha value is -1.88. The van der Waals surface area contributed by atoms with Gasteiger partial charge in [0.2, 0.25) is 0 Å². The zero-order valence-corrected chi connectivity index (χ0v) is 11.7. The predicted molar refractivity (Wildman–Crippen MR) is 74.1 cm³/mol. The summed E-state index contributed by atoms with van der Waals surface area (Å²) in [5, 5.41) is 0. The number of carbonyl (C=O) groups excluding carboxylic acids is 1. The second-order valence-corrected chi connectivity index (χ2v) is 5.02. The average molecular weight is 277 g/mol. The lowest BCUT2D eigenvalue weighted by Crippen LogP contribution is -2.05. The van der Waals surface area contributed by atoms with Crippen molar-refractivity contribution in [1.29, 1.82) is 0 Å². The molecule has 0 atom stereocenters. The first kappa shape index (κ1) is 13.5. The summed E-state index contributed by atoms with van der Waals surface area (Å²) < 4.78 is 10.4. The van der Waals surface area contributed by atoms with Crippen molar-refractivity contribution in [3.63, 3.8) is 0 Å². The Morgan fingerprint density at radius 3 is 2.63 bits per heavy atom. The van der Waals surface area contributed by atoms with Gasteiger partial charge in [0.15, 0.2) is 11.5 Å². The molecule has 19 heavy (non-hydrogen) atoms. The first-order chi connectivity index (χ1) is 9.22. The van der Waals surface area contributed by atoms with E-state index in [9.17, 15) is 4.79 Å². The van der Waals surface area contributed by atoms with E-state index >= 15 is 0 Å². The average Bonchev–Trinajstić information content (AvgIpc) is 2.91. The van der Waals surface area contributed by atoms with Gasteiger partial charge >= 0.3 is 0 Å². The molecule has 2 aromatic rings. The van der Waals surface area contributed by atoms with Crippen LogP contribution < -0.4 is 9.47 Å². The summed E-state index contributed by atoms with van der Waals surface area (Å²) in [4.78, 5) is 16.9. The van der Waals surface area contributed by atoms with E-state index in [4.69, 9.17) is 9.47 Å². The highest BCUT2D eigenvalue weighted by molar-refractivity contribution is 7.09. The molecule has 0 saturated carbocycles. The topological polar surface area (TPSA) is 48.4 Å². The summed E-state index contributed by atoms with van der Waals surface area (Å²) in [7, 11) is 3.17. The van der Waals surface area contributed by atoms with Crippen molar-refractivity contribution in [3.8, 4) is 11.5 Å². The number of aromatic nitrogens is 1. The van der Waals surface area contributed by atoms with Gasteiger partial charge in [0.1, 0.15) is 5.78 Å². The van der Waals surface area contributed by atoms with E-state index in [2.05, 4.69) is 4.98 Å². The number of methoxy groups -OCH3 is 2. The Morgan fingerprint density at radius 1 is 1.21 bits per heavy atom. The van der Waals surface area contributed by atoms with Crippen LogP contribution in [0.25, 0.3) is 0 Å². The van der Waals surface area contributed by atoms with Crippen LogP contribution in [0.15, 0.2) is 29.9 Å². The molecule has 0 unspecified atom stereocenters. The van der Waals surface area contributed by atoms with Crippen LogP contribution in [-0.4, -0.2) is 25.0 Å². The first-order valence-corrected chi connectivity index (χ1v) is 6.71. The molecule has 0 amide bonds. The van der Waals surface area contributed by atoms with Crippen LogP contribution in [0.2, 0.25) is 0 Å². The SMILES string of the molecule is COc1ccc(CC(=O)Cc2cncs2)cc1OC. The summed E-state index contributed by atoms with van der Waals surface area (Å²) in [6.45, 7) is 0. The summed E-state index contributed by atoms with van der Waals surface area (Å²) in [5.74, 6) is 1.48. The summed E-state index contributed by atoms with van der Waals surface area (Å²) >= 11 is 1.50. The molecular weight excluding hydrogens is 262 g/mol. The Morgan fingerprint density at radius 2 is 2.00 bits per heavy atom. The lowest BCUT2D eigenvalue weighted by molar-refractivity contribution is -0.117. The van der Waals surface area contributed by atoms with Crippen molar-refractivity contribution in [2.24, 2.45) is 0 Å². The number of nitrogens with zero attached hydrogens (tertiary/aromatic N) is 1. The standard InChI is InChI=1S/C14H15NO3S/c1-17-13-4-3-10(6-14(13)18-2)5-11(16)7-12-8-15-9-19-12/h3-4,6,8-9H,5,7H2,1-2H3. The highest BCUT2D eigenvalue weighted by atomic mass is 32.1. The molecule has 0 fully saturated rings. The number of hydrogen-bond donors (Lipinski definition) is 0. The fourth-order valence-electron chi connectivity index (χ4n) is 1.80. The maximum Gasteiger partial charge on any atom is 0.161 e. The van der Waals surface area contributed by atoms with Crippen LogP contribution in [0.4, 0.5) is 0 Å². The molecule has 100 valence electrons. The largest absolute Gasteiger partial charge is 0.493 e. The van der Waals surface area contributed by atoms with Gasteiger partial charge in [-0.05, 0) is 17.7 Å². The summed E-state index contributed by atoms with van der Waals surface area (Å²) in [6, 6.07) is 5.53. The minimum absolute atomic E-state index is 0.163. The molecule has 1 aromatic heterocycles. The highest BCUT2D eigenvalue weighted by Gasteiger charge is 2.09. The van der Waals surface area contributed by atoms with Crippen LogP contribution in [0, 0.1) is 0 Å². The third kappa shape index (κ3) is 3.54. The van der Waals surface area contributed by atoms with Gasteiger partial charge in [0.05, 0.1) is 19.7 Å². The fourth-order valence-corrected chi connectivity index (χ4v) is 2.43. The second-order valence-electron chi connectivity index (χ2n) is 4.05. The van der Waals surface area contributed by atoms with Gasteiger partial charge in [-0.3, -0.25) is 9.78 Å². The molecule has 5 heteroatoms. The van der Waals surface area contributed by atoms with Crippen molar-refractivity contribution in [2.45, 2.75) is 12.8 Å². The van der Waals surface area contributed by atoms with Gasteiger partial charge in [0, 0.05) is 23.9 Å². The number of thiazole rings is 1. The predicted octanol–water partition coefficient (Wildman–Crippen LogP) is 2.51. The quantitative estimate of drug-likeness (QED) is 0.814. The molecule has 0 radical (unpaired) electrons. The van der Waals surface area contributed by atoms with Gasteiger partial charge in [-0.1, -0.05) is 6.07 Å². The van der Waals surface area contributed by atoms with Crippen molar-refractivity contribution in [3.05, 3.63) is 40.3 Å². The zero-order valence-electron chi connectivity index (χ0n) is 10.9. The number of hydrogen-bond acceptors (Lipinski definition) is 5. The van der Waals surface area contributed by atoms with Crippen molar-refractivity contribution < 1.29 is 14.3 Å². The molecule has 0 aliphatic rings. The zero-order chi connectivity index (χ0) is 13.7. The molecule has 1 heterocycles. The van der Waals surface area contributed by atoms with Gasteiger partial charge in [-0.25, -0.2) is 0 Å². The van der Waals surface area contributed by atoms with E-state index in [0.29, 0.717) is 24.3 Å². The van der Waals surface area contributed by atoms with Gasteiger partial charge in [0.25, 0.3) is 0 Å². The number of ether oxygens (including phenoxy) is 2. The first-order valence-electron chi connectivity index (χ1n) is 5.83. The van der Waals surface area contributed by atoms with Crippen LogP contribution >= 0.6 is 11.3 Å². The smallest absolute Gasteiger partial charge is 0.161 e. The number of rotatable bonds is 6. The third-order valence-corrected chi connectivity index (χ3v) is 3.48. The molecule has 0 bridgehead atoms. The molecule has 2 rings (SSSR count). The van der Waals surface area contributed by atoms with Gasteiger partial charge in [-0.15, -0.1) is 11.3 Å². The van der Waals surface area contributed by atoms with E-state index in [1.807, 2.05) is 18.2 Å². The number of carbonyl (C=O) groups is 1. The molecule has 0 spiro atoms. The van der Waals surface area contributed by atoms with E-state index in [0.717, 1.165) is 10.4 Å². The normalized spacial score (nSPS) is 10.2. The van der Waals surface area contributed by atoms with Crippen molar-refractivity contribution in [1.82, 2.24) is 4.98 Å². The molecule has 0 aliphatic carbocycles. The maximum absolute atomic E-state index is 11.9. The Balaban J connectivity index is 2.04. The summed E-state index contributed by atoms with van der Waals surface area (Å²) in [6.07, 6.45) is 2.55. The Kier molecular flexibility index (Phi) is 4.52. The number of benzene rings is 1. The Labute approximate surface area is 116 Å². The lowest BCUT2D eigenvalue weighted by atomic mass is 10.1. The number of Topliss-reactive ketones (excluding diaryl/α,β-unsaturated/α-hetero) is 1. The van der Waals surface area contributed by atoms with Crippen molar-refractivity contribution >= 4 is 17.1 Å². The lowest BCUT2D eigenvalue weighted by Gasteiger charge is -2.09. The number of ketones is 1. The van der Waals surface area contributed by atoms with Crippen LogP contribution in [0.1, 0.15) is 10.4 Å². The molecule has 0 N–H and O–H groups in total. The minimum Gasteiger partial charge on any atom is -0.493 e. The monoisotopic (exact) mass is 277 g/mol. The molecule has 4 nitrogen and oxygen atoms in total. The minimum atomic E-state index is 0.163. The van der Waals surface area contributed by atoms with Crippen LogP contribution in [0.3, 0.4) is 0 Å². The molecule has 1 aromatic carbocycles. The second kappa shape index (κ2) is 6.33. The van der Waals surface area contributed by atoms with Crippen molar-refractivity contribution in [2.75, 3.05) is 14.2 Å². The highest BCUT2D eigenvalue weighted by Crippen LogP contribution is 2.27. The fraction of sp³-hybridized carbons (Fsp3) is 0.286. The maximum atomic E-state index is 11.9. The van der Waals surface area contributed by atoms with Crippen LogP contribution in [0.5, 0.6) is 11.5 Å². The van der Waals surface area contributed by atoms with Gasteiger partial charge in [-0.2, -0.15) is 0 Å². The van der Waals surface area contributed by atoms with E-state index in [-0.39, 0.29) is 5.78 Å². The Bertz CT molecular complexity index is 552. The van der Waals surface area contributed by atoms with Crippen LogP contribution in [-0.2, 0) is 17.6 Å². The molecular formula is C14H15NO3S. The molecule has 0 saturated heterocycles. The van der Waals surface area contributed by atoms with Gasteiger partial charge < -0.3 is 9.47 Å². The third-order valence-electron chi connectivity index (χ3n) is 2.70. The van der Waals surface area contributed by atoms with E-state index in [1.165, 1.54) is 11.3 Å². The molecule has 0 aliphatic heterocycles. The summed E-state index contributed by atoms with van der Waals surface area (Å²) in [5.41, 5.74) is 2.66. The van der Waals surface area contributed by atoms with E-state index in [1.54, 1.807) is 25.9 Å². The van der Waals surface area contributed by atoms with E-state index < -0.39 is 0 Å².